The molecule has 1 aliphatic carbocycles. The first kappa shape index (κ1) is 10.6. The first-order valence-electron chi connectivity index (χ1n) is 5.66. The van der Waals surface area contributed by atoms with Crippen molar-refractivity contribution < 1.29 is 0 Å². The van der Waals surface area contributed by atoms with Crippen LogP contribution in [0.25, 0.3) is 0 Å². The summed E-state index contributed by atoms with van der Waals surface area (Å²) in [5.41, 5.74) is 1.51. The highest BCUT2D eigenvalue weighted by Gasteiger charge is 2.48. The molecule has 0 aromatic carbocycles. The number of hydrogen-bond acceptors (Lipinski definition) is 3. The molecule has 0 amide bonds. The van der Waals surface area contributed by atoms with Crippen molar-refractivity contribution in [2.75, 3.05) is 6.54 Å². The number of rotatable bonds is 4. The van der Waals surface area contributed by atoms with Crippen molar-refractivity contribution in [3.8, 4) is 0 Å². The zero-order valence-electron chi connectivity index (χ0n) is 9.75. The average Bonchev–Trinajstić information content (AvgIpc) is 2.85. The number of aromatic nitrogens is 2. The second-order valence-corrected chi connectivity index (χ2v) is 4.93. The Balaban J connectivity index is 2.07. The van der Waals surface area contributed by atoms with Gasteiger partial charge in [-0.3, -0.25) is 0 Å². The highest BCUT2D eigenvalue weighted by molar-refractivity contribution is 5.17. The van der Waals surface area contributed by atoms with E-state index in [9.17, 15) is 0 Å². The molecule has 1 aromatic rings. The summed E-state index contributed by atoms with van der Waals surface area (Å²) in [4.78, 5) is 8.96. The summed E-state index contributed by atoms with van der Waals surface area (Å²) in [6, 6.07) is 1.99. The second-order valence-electron chi connectivity index (χ2n) is 4.93. The molecule has 1 unspecified atom stereocenters. The third-order valence-electron chi connectivity index (χ3n) is 3.11. The average molecular weight is 205 g/mol. The summed E-state index contributed by atoms with van der Waals surface area (Å²) in [5.74, 6) is 1.59. The van der Waals surface area contributed by atoms with Gasteiger partial charge in [0.2, 0.25) is 0 Å². The lowest BCUT2D eigenvalue weighted by molar-refractivity contribution is 0.604. The van der Waals surface area contributed by atoms with Crippen LogP contribution in [0.3, 0.4) is 0 Å². The molecular weight excluding hydrogens is 186 g/mol. The van der Waals surface area contributed by atoms with E-state index in [2.05, 4.69) is 36.1 Å². The van der Waals surface area contributed by atoms with Crippen LogP contribution in [0.5, 0.6) is 0 Å². The molecule has 15 heavy (non-hydrogen) atoms. The van der Waals surface area contributed by atoms with Crippen LogP contribution in [0, 0.1) is 5.41 Å². The van der Waals surface area contributed by atoms with E-state index in [0.29, 0.717) is 11.3 Å². The Morgan fingerprint density at radius 2 is 2.27 bits per heavy atom. The van der Waals surface area contributed by atoms with Crippen molar-refractivity contribution in [1.29, 1.82) is 0 Å². The summed E-state index contributed by atoms with van der Waals surface area (Å²) in [5, 5.41) is 3.28. The van der Waals surface area contributed by atoms with Crippen LogP contribution in [0.2, 0.25) is 0 Å². The topological polar surface area (TPSA) is 37.8 Å². The number of hydrogen-bond donors (Lipinski definition) is 1. The Bertz CT molecular complexity index is 346. The summed E-state index contributed by atoms with van der Waals surface area (Å²) >= 11 is 0. The minimum absolute atomic E-state index is 0.414. The maximum atomic E-state index is 4.59. The Morgan fingerprint density at radius 1 is 1.53 bits per heavy atom. The van der Waals surface area contributed by atoms with Gasteiger partial charge in [0.05, 0.1) is 5.69 Å². The molecule has 1 saturated carbocycles. The molecule has 1 aliphatic rings. The molecule has 1 aromatic heterocycles. The molecule has 2 rings (SSSR count). The molecule has 1 N–H and O–H groups in total. The third-order valence-corrected chi connectivity index (χ3v) is 3.11. The van der Waals surface area contributed by atoms with E-state index >= 15 is 0 Å². The Morgan fingerprint density at radius 3 is 2.87 bits per heavy atom. The van der Waals surface area contributed by atoms with Crippen LogP contribution in [-0.2, 0) is 6.54 Å². The van der Waals surface area contributed by atoms with Crippen LogP contribution in [0.15, 0.2) is 12.3 Å². The molecule has 0 aliphatic heterocycles. The lowest BCUT2D eigenvalue weighted by Gasteiger charge is -2.05. The van der Waals surface area contributed by atoms with Crippen molar-refractivity contribution in [3.05, 3.63) is 23.8 Å². The predicted molar refractivity (Wildman–Crippen MR) is 60.6 cm³/mol. The zero-order chi connectivity index (χ0) is 10.9. The number of nitrogens with zero attached hydrogens (tertiary/aromatic N) is 2. The van der Waals surface area contributed by atoms with E-state index in [1.807, 2.05) is 12.3 Å². The lowest BCUT2D eigenvalue weighted by Crippen LogP contribution is -2.13. The molecule has 0 bridgehead atoms. The highest BCUT2D eigenvalue weighted by Crippen LogP contribution is 2.57. The molecule has 3 heteroatoms. The van der Waals surface area contributed by atoms with E-state index in [-0.39, 0.29) is 0 Å². The van der Waals surface area contributed by atoms with E-state index in [1.54, 1.807) is 0 Å². The maximum Gasteiger partial charge on any atom is 0.132 e. The zero-order valence-corrected chi connectivity index (χ0v) is 9.75. The second kappa shape index (κ2) is 3.89. The molecule has 0 radical (unpaired) electrons. The smallest absolute Gasteiger partial charge is 0.132 e. The van der Waals surface area contributed by atoms with Crippen LogP contribution >= 0.6 is 0 Å². The Kier molecular flexibility index (Phi) is 2.74. The van der Waals surface area contributed by atoms with Gasteiger partial charge < -0.3 is 5.32 Å². The first-order chi connectivity index (χ1) is 7.13. The minimum atomic E-state index is 0.414. The molecule has 1 heterocycles. The monoisotopic (exact) mass is 205 g/mol. The van der Waals surface area contributed by atoms with E-state index in [0.717, 1.165) is 24.6 Å². The maximum absolute atomic E-state index is 4.59. The summed E-state index contributed by atoms with van der Waals surface area (Å²) in [6.07, 6.45) is 3.10. The van der Waals surface area contributed by atoms with Crippen molar-refractivity contribution >= 4 is 0 Å². The fraction of sp³-hybridized carbons (Fsp3) is 0.667. The molecule has 82 valence electrons. The van der Waals surface area contributed by atoms with Crippen LogP contribution in [-0.4, -0.2) is 16.5 Å². The molecule has 1 fully saturated rings. The van der Waals surface area contributed by atoms with E-state index in [1.165, 1.54) is 6.42 Å². The van der Waals surface area contributed by atoms with Crippen LogP contribution in [0.1, 0.15) is 44.6 Å². The largest absolute Gasteiger partial charge is 0.311 e. The van der Waals surface area contributed by atoms with Gasteiger partial charge in [-0.2, -0.15) is 0 Å². The van der Waals surface area contributed by atoms with Gasteiger partial charge in [-0.1, -0.05) is 20.8 Å². The van der Waals surface area contributed by atoms with Crippen molar-refractivity contribution in [2.45, 2.75) is 39.7 Å². The summed E-state index contributed by atoms with van der Waals surface area (Å²) < 4.78 is 0. The Labute approximate surface area is 91.3 Å². The number of nitrogens with one attached hydrogen (secondary N) is 1. The fourth-order valence-corrected chi connectivity index (χ4v) is 1.84. The van der Waals surface area contributed by atoms with Gasteiger partial charge in [0.1, 0.15) is 5.82 Å². The lowest BCUT2D eigenvalue weighted by atomic mass is 10.1. The van der Waals surface area contributed by atoms with E-state index < -0.39 is 0 Å². The molecule has 0 saturated heterocycles. The highest BCUT2D eigenvalue weighted by atomic mass is 14.9. The molecule has 1 atom stereocenters. The van der Waals surface area contributed by atoms with Gasteiger partial charge in [-0.05, 0) is 24.4 Å². The van der Waals surface area contributed by atoms with Gasteiger partial charge in [-0.15, -0.1) is 0 Å². The third kappa shape index (κ3) is 2.34. The normalized spacial score (nSPS) is 22.7. The molecule has 3 nitrogen and oxygen atoms in total. The standard InChI is InChI=1S/C12H19N3/c1-4-13-8-9-5-6-14-11(15-9)10-7-12(10,2)3/h5-6,10,13H,4,7-8H2,1-3H3. The van der Waals surface area contributed by atoms with Gasteiger partial charge in [-0.25, -0.2) is 9.97 Å². The van der Waals surface area contributed by atoms with Gasteiger partial charge in [0.15, 0.2) is 0 Å². The quantitative estimate of drug-likeness (QED) is 0.818. The van der Waals surface area contributed by atoms with Gasteiger partial charge in [0.25, 0.3) is 0 Å². The molecular formula is C12H19N3. The minimum Gasteiger partial charge on any atom is -0.311 e. The van der Waals surface area contributed by atoms with Crippen molar-refractivity contribution in [2.24, 2.45) is 5.41 Å². The van der Waals surface area contributed by atoms with Crippen LogP contribution < -0.4 is 5.32 Å². The summed E-state index contributed by atoms with van der Waals surface area (Å²) in [7, 11) is 0. The summed E-state index contributed by atoms with van der Waals surface area (Å²) in [6.45, 7) is 8.48. The van der Waals surface area contributed by atoms with Gasteiger partial charge in [0, 0.05) is 18.7 Å². The molecule has 0 spiro atoms. The van der Waals surface area contributed by atoms with Crippen molar-refractivity contribution in [1.82, 2.24) is 15.3 Å². The SMILES string of the molecule is CCNCc1ccnc(C2CC2(C)C)n1. The van der Waals surface area contributed by atoms with Gasteiger partial charge >= 0.3 is 0 Å². The fourth-order valence-electron chi connectivity index (χ4n) is 1.84. The first-order valence-corrected chi connectivity index (χ1v) is 5.66. The Hall–Kier alpha value is -0.960. The van der Waals surface area contributed by atoms with Crippen LogP contribution in [0.4, 0.5) is 0 Å². The van der Waals surface area contributed by atoms with E-state index in [4.69, 9.17) is 0 Å². The van der Waals surface area contributed by atoms with Crippen molar-refractivity contribution in [3.63, 3.8) is 0 Å². The predicted octanol–water partition coefficient (Wildman–Crippen LogP) is 2.10.